The molecule has 72 valence electrons. The number of rotatable bonds is 0. The zero-order chi connectivity index (χ0) is 8.67. The van der Waals surface area contributed by atoms with Gasteiger partial charge in [0.05, 0.1) is 0 Å². The highest BCUT2D eigenvalue weighted by molar-refractivity contribution is 5.21. The second-order valence-electron chi connectivity index (χ2n) is 5.22. The summed E-state index contributed by atoms with van der Waals surface area (Å²) < 4.78 is 0. The van der Waals surface area contributed by atoms with Crippen molar-refractivity contribution in [2.45, 2.75) is 51.4 Å². The Labute approximate surface area is 81.4 Å². The quantitative estimate of drug-likeness (QED) is 0.491. The molecule has 0 radical (unpaired) electrons. The number of hydrogen-bond donors (Lipinski definition) is 0. The Balaban J connectivity index is 1.86. The van der Waals surface area contributed by atoms with Crippen molar-refractivity contribution in [2.24, 2.45) is 17.8 Å². The summed E-state index contributed by atoms with van der Waals surface area (Å²) in [7, 11) is 0. The first-order valence-electron chi connectivity index (χ1n) is 6.15. The van der Waals surface area contributed by atoms with Crippen molar-refractivity contribution in [1.82, 2.24) is 0 Å². The smallest absolute Gasteiger partial charge is 0.0172 e. The summed E-state index contributed by atoms with van der Waals surface area (Å²) in [5, 5.41) is 0. The molecule has 2 saturated carbocycles. The van der Waals surface area contributed by atoms with Crippen LogP contribution in [0.1, 0.15) is 51.4 Å². The van der Waals surface area contributed by atoms with Crippen molar-refractivity contribution in [2.75, 3.05) is 0 Å². The molecule has 0 aromatic rings. The average Bonchev–Trinajstić information content (AvgIpc) is 2.62. The maximum Gasteiger partial charge on any atom is -0.0172 e. The predicted molar refractivity (Wildman–Crippen MR) is 55.5 cm³/mol. The van der Waals surface area contributed by atoms with E-state index in [-0.39, 0.29) is 0 Å². The lowest BCUT2D eigenvalue weighted by atomic mass is 9.79. The second-order valence-corrected chi connectivity index (χ2v) is 5.22. The molecule has 0 nitrogen and oxygen atoms in total. The van der Waals surface area contributed by atoms with Crippen molar-refractivity contribution in [1.29, 1.82) is 0 Å². The monoisotopic (exact) mass is 176 g/mol. The van der Waals surface area contributed by atoms with Gasteiger partial charge in [-0.2, -0.15) is 0 Å². The summed E-state index contributed by atoms with van der Waals surface area (Å²) in [6.45, 7) is 0. The molecule has 3 atom stereocenters. The van der Waals surface area contributed by atoms with Gasteiger partial charge in [0.2, 0.25) is 0 Å². The SMILES string of the molecule is C1=C2/C3CCC(C3)C2CCCCC/1. The summed E-state index contributed by atoms with van der Waals surface area (Å²) in [5.41, 5.74) is 1.90. The molecule has 0 saturated heterocycles. The molecule has 2 fully saturated rings. The van der Waals surface area contributed by atoms with E-state index < -0.39 is 0 Å². The van der Waals surface area contributed by atoms with Gasteiger partial charge in [-0.3, -0.25) is 0 Å². The fraction of sp³-hybridized carbons (Fsp3) is 0.846. The lowest BCUT2D eigenvalue weighted by Crippen LogP contribution is -2.14. The van der Waals surface area contributed by atoms with Gasteiger partial charge < -0.3 is 0 Å². The molecule has 0 aromatic carbocycles. The van der Waals surface area contributed by atoms with Gasteiger partial charge in [0.25, 0.3) is 0 Å². The van der Waals surface area contributed by atoms with Crippen LogP contribution in [0, 0.1) is 17.8 Å². The molecule has 0 amide bonds. The van der Waals surface area contributed by atoms with Crippen LogP contribution in [-0.2, 0) is 0 Å². The van der Waals surface area contributed by atoms with Crippen molar-refractivity contribution in [3.63, 3.8) is 0 Å². The summed E-state index contributed by atoms with van der Waals surface area (Å²) >= 11 is 0. The van der Waals surface area contributed by atoms with Crippen LogP contribution in [0.25, 0.3) is 0 Å². The van der Waals surface area contributed by atoms with Crippen LogP contribution in [0.15, 0.2) is 11.6 Å². The maximum absolute atomic E-state index is 2.62. The van der Waals surface area contributed by atoms with E-state index in [2.05, 4.69) is 6.08 Å². The number of allylic oxidation sites excluding steroid dienone is 2. The molecule has 3 rings (SSSR count). The van der Waals surface area contributed by atoms with Crippen molar-refractivity contribution < 1.29 is 0 Å². The summed E-state index contributed by atoms with van der Waals surface area (Å²) in [5.74, 6) is 3.18. The second kappa shape index (κ2) is 3.15. The summed E-state index contributed by atoms with van der Waals surface area (Å²) in [6, 6.07) is 0. The lowest BCUT2D eigenvalue weighted by molar-refractivity contribution is 0.363. The van der Waals surface area contributed by atoms with Gasteiger partial charge in [-0.1, -0.05) is 24.5 Å². The van der Waals surface area contributed by atoms with Crippen LogP contribution in [0.2, 0.25) is 0 Å². The Bertz CT molecular complexity index is 226. The normalized spacial score (nSPS) is 47.7. The molecular weight excluding hydrogens is 156 g/mol. The third-order valence-corrected chi connectivity index (χ3v) is 4.54. The Morgan fingerprint density at radius 2 is 2.00 bits per heavy atom. The van der Waals surface area contributed by atoms with E-state index in [9.17, 15) is 0 Å². The first-order valence-corrected chi connectivity index (χ1v) is 6.15. The van der Waals surface area contributed by atoms with E-state index in [0.717, 1.165) is 17.8 Å². The van der Waals surface area contributed by atoms with Crippen LogP contribution in [0.3, 0.4) is 0 Å². The minimum Gasteiger partial charge on any atom is -0.0848 e. The first-order chi connectivity index (χ1) is 6.45. The minimum atomic E-state index is 1.04. The van der Waals surface area contributed by atoms with Gasteiger partial charge in [0, 0.05) is 0 Å². The van der Waals surface area contributed by atoms with E-state index in [4.69, 9.17) is 0 Å². The third kappa shape index (κ3) is 1.26. The van der Waals surface area contributed by atoms with Crippen molar-refractivity contribution in [3.8, 4) is 0 Å². The molecule has 3 aliphatic rings. The lowest BCUT2D eigenvalue weighted by Gasteiger charge is -2.26. The van der Waals surface area contributed by atoms with E-state index >= 15 is 0 Å². The Morgan fingerprint density at radius 1 is 1.00 bits per heavy atom. The van der Waals surface area contributed by atoms with E-state index in [1.165, 1.54) is 38.5 Å². The van der Waals surface area contributed by atoms with Crippen molar-refractivity contribution in [3.05, 3.63) is 11.6 Å². The Morgan fingerprint density at radius 3 is 3.00 bits per heavy atom. The van der Waals surface area contributed by atoms with E-state index in [1.54, 1.807) is 12.8 Å². The molecule has 13 heavy (non-hydrogen) atoms. The van der Waals surface area contributed by atoms with E-state index in [1.807, 2.05) is 5.57 Å². The molecule has 0 aromatic heterocycles. The van der Waals surface area contributed by atoms with Crippen LogP contribution in [0.5, 0.6) is 0 Å². The highest BCUT2D eigenvalue weighted by atomic mass is 14.5. The largest absolute Gasteiger partial charge is 0.0848 e. The van der Waals surface area contributed by atoms with Gasteiger partial charge in [0.1, 0.15) is 0 Å². The molecule has 3 aliphatic carbocycles. The van der Waals surface area contributed by atoms with Gasteiger partial charge in [-0.25, -0.2) is 0 Å². The highest BCUT2D eigenvalue weighted by Crippen LogP contribution is 2.54. The highest BCUT2D eigenvalue weighted by Gasteiger charge is 2.42. The van der Waals surface area contributed by atoms with Gasteiger partial charge in [0.15, 0.2) is 0 Å². The molecule has 0 spiro atoms. The molecule has 0 heterocycles. The molecule has 0 aliphatic heterocycles. The van der Waals surface area contributed by atoms with Gasteiger partial charge in [-0.15, -0.1) is 0 Å². The fourth-order valence-corrected chi connectivity index (χ4v) is 3.93. The van der Waals surface area contributed by atoms with Crippen LogP contribution < -0.4 is 0 Å². The fourth-order valence-electron chi connectivity index (χ4n) is 3.93. The third-order valence-electron chi connectivity index (χ3n) is 4.54. The van der Waals surface area contributed by atoms with E-state index in [0.29, 0.717) is 0 Å². The first kappa shape index (κ1) is 8.08. The van der Waals surface area contributed by atoms with Gasteiger partial charge in [-0.05, 0) is 56.3 Å². The zero-order valence-corrected chi connectivity index (χ0v) is 8.47. The predicted octanol–water partition coefficient (Wildman–Crippen LogP) is 3.92. The van der Waals surface area contributed by atoms with Crippen LogP contribution in [0.4, 0.5) is 0 Å². The standard InChI is InChI=1S/C13H20/c1-2-4-6-13-11-8-7-10(9-11)12(13)5-3-1/h5,10-11,13H,1-4,6-9H2/b12-5-. The van der Waals surface area contributed by atoms with Crippen LogP contribution >= 0.6 is 0 Å². The van der Waals surface area contributed by atoms with Gasteiger partial charge >= 0.3 is 0 Å². The molecule has 0 N–H and O–H groups in total. The topological polar surface area (TPSA) is 0 Å². The summed E-state index contributed by atoms with van der Waals surface area (Å²) in [4.78, 5) is 0. The number of fused-ring (bicyclic) bond motifs is 5. The molecule has 0 heteroatoms. The van der Waals surface area contributed by atoms with Crippen LogP contribution in [-0.4, -0.2) is 0 Å². The Kier molecular flexibility index (Phi) is 1.96. The maximum atomic E-state index is 2.62. The molecular formula is C13H20. The average molecular weight is 176 g/mol. The van der Waals surface area contributed by atoms with Crippen molar-refractivity contribution >= 4 is 0 Å². The zero-order valence-electron chi connectivity index (χ0n) is 8.47. The molecule has 2 bridgehead atoms. The summed E-state index contributed by atoms with van der Waals surface area (Å²) in [6.07, 6.45) is 14.6. The minimum absolute atomic E-state index is 1.04. The Hall–Kier alpha value is -0.260. The molecule has 3 unspecified atom stereocenters. The number of hydrogen-bond acceptors (Lipinski definition) is 0.